The predicted molar refractivity (Wildman–Crippen MR) is 87.0 cm³/mol. The fraction of sp³-hybridized carbons (Fsp3) is 0.167. The second-order valence-corrected chi connectivity index (χ2v) is 5.89. The van der Waals surface area contributed by atoms with Crippen LogP contribution in [-0.2, 0) is 10.2 Å². The van der Waals surface area contributed by atoms with Crippen LogP contribution in [0.15, 0.2) is 24.4 Å². The lowest BCUT2D eigenvalue weighted by Gasteiger charge is -2.12. The van der Waals surface area contributed by atoms with Crippen LogP contribution in [0.2, 0.25) is 0 Å². The second-order valence-electron chi connectivity index (χ2n) is 4.50. The van der Waals surface area contributed by atoms with Gasteiger partial charge in [0.25, 0.3) is 0 Å². The first-order chi connectivity index (χ1) is 12.2. The monoisotopic (exact) mass is 386 g/mol. The Morgan fingerprint density at radius 3 is 2.35 bits per heavy atom. The minimum absolute atomic E-state index is 0.0755. The topological polar surface area (TPSA) is 174 Å². The van der Waals surface area contributed by atoms with E-state index in [2.05, 4.69) is 15.3 Å². The minimum atomic E-state index is -4.44. The molecule has 0 saturated heterocycles. The van der Waals surface area contributed by atoms with Crippen LogP contribution >= 0.6 is 0 Å². The van der Waals surface area contributed by atoms with Crippen LogP contribution in [0.3, 0.4) is 0 Å². The Morgan fingerprint density at radius 1 is 1.19 bits per heavy atom. The summed E-state index contributed by atoms with van der Waals surface area (Å²) in [5.74, 6) is -1.49. The zero-order valence-electron chi connectivity index (χ0n) is 13.5. The zero-order chi connectivity index (χ0) is 19.3. The quantitative estimate of drug-likeness (QED) is 0.493. The number of ether oxygens (including phenoxy) is 2. The van der Waals surface area contributed by atoms with Crippen molar-refractivity contribution in [1.82, 2.24) is 19.4 Å². The molecule has 140 valence electrons. The molecule has 2 aromatic rings. The van der Waals surface area contributed by atoms with Crippen molar-refractivity contribution in [3.63, 3.8) is 0 Å². The number of aromatic carboxylic acids is 1. The number of anilines is 1. The molecule has 26 heavy (non-hydrogen) atoms. The van der Waals surface area contributed by atoms with Gasteiger partial charge in [-0.15, -0.1) is 0 Å². The molecule has 0 fully saturated rings. The molecule has 0 spiro atoms. The van der Waals surface area contributed by atoms with E-state index in [1.165, 1.54) is 32.4 Å². The number of amides is 2. The number of carbonyl (C=O) groups is 2. The summed E-state index contributed by atoms with van der Waals surface area (Å²) in [7, 11) is -1.78. The van der Waals surface area contributed by atoms with E-state index in [0.29, 0.717) is 4.68 Å². The van der Waals surface area contributed by atoms with Gasteiger partial charge < -0.3 is 14.6 Å². The van der Waals surface area contributed by atoms with E-state index in [1.54, 1.807) is 4.72 Å². The molecule has 0 radical (unpaired) electrons. The number of nitrogens with one attached hydrogen (secondary N) is 3. The molecule has 0 unspecified atom stereocenters. The van der Waals surface area contributed by atoms with Gasteiger partial charge in [-0.25, -0.2) is 23.8 Å². The standard InChI is InChI=1S/C12H14N6O7S/c1-24-8-6-9(25-2)14-11(13-8)15-12(21)16-26(22,23)17-18-5-3-4-7(18)10(19)20/h3-6,17H,1-2H3,(H,19,20)(H2,13,14,15,16,21). The van der Waals surface area contributed by atoms with Gasteiger partial charge in [-0.2, -0.15) is 18.4 Å². The lowest BCUT2D eigenvalue weighted by atomic mass is 10.4. The fourth-order valence-electron chi connectivity index (χ4n) is 1.71. The molecular formula is C12H14N6O7S. The Hall–Kier alpha value is -3.55. The van der Waals surface area contributed by atoms with Gasteiger partial charge in [0.2, 0.25) is 17.7 Å². The Balaban J connectivity index is 2.09. The fourth-order valence-corrected chi connectivity index (χ4v) is 2.46. The van der Waals surface area contributed by atoms with Gasteiger partial charge in [-0.1, -0.05) is 0 Å². The molecule has 0 aliphatic heterocycles. The average molecular weight is 386 g/mol. The number of hydrogen-bond donors (Lipinski definition) is 4. The number of carboxylic acid groups (broad SMARTS) is 1. The van der Waals surface area contributed by atoms with Crippen LogP contribution in [0.4, 0.5) is 10.7 Å². The molecule has 2 aromatic heterocycles. The van der Waals surface area contributed by atoms with E-state index in [1.807, 2.05) is 4.83 Å². The Kier molecular flexibility index (Phi) is 5.46. The number of hydrogen-bond acceptors (Lipinski definition) is 8. The molecule has 0 aromatic carbocycles. The van der Waals surface area contributed by atoms with Crippen molar-refractivity contribution in [3.05, 3.63) is 30.1 Å². The van der Waals surface area contributed by atoms with Crippen LogP contribution in [0.25, 0.3) is 0 Å². The third-order valence-electron chi connectivity index (χ3n) is 2.74. The number of methoxy groups -OCH3 is 2. The number of rotatable bonds is 7. The maximum Gasteiger partial charge on any atom is 0.354 e. The molecule has 2 rings (SSSR count). The zero-order valence-corrected chi connectivity index (χ0v) is 14.3. The predicted octanol–water partition coefficient (Wildman–Crippen LogP) is -0.396. The van der Waals surface area contributed by atoms with Crippen molar-refractivity contribution in [3.8, 4) is 11.8 Å². The third kappa shape index (κ3) is 4.73. The first-order valence-corrected chi connectivity index (χ1v) is 8.21. The van der Waals surface area contributed by atoms with Crippen molar-refractivity contribution in [2.75, 3.05) is 24.4 Å². The summed E-state index contributed by atoms with van der Waals surface area (Å²) in [4.78, 5) is 32.3. The average Bonchev–Trinajstić information content (AvgIpc) is 3.01. The van der Waals surface area contributed by atoms with Crippen LogP contribution in [0.1, 0.15) is 10.5 Å². The summed E-state index contributed by atoms with van der Waals surface area (Å²) in [6, 6.07) is 2.63. The van der Waals surface area contributed by atoms with Crippen molar-refractivity contribution >= 4 is 28.2 Å². The van der Waals surface area contributed by atoms with Crippen LogP contribution in [-0.4, -0.2) is 54.4 Å². The van der Waals surface area contributed by atoms with Gasteiger partial charge in [-0.3, -0.25) is 5.32 Å². The van der Waals surface area contributed by atoms with E-state index in [9.17, 15) is 18.0 Å². The van der Waals surface area contributed by atoms with E-state index < -0.39 is 22.2 Å². The van der Waals surface area contributed by atoms with Crippen molar-refractivity contribution < 1.29 is 32.6 Å². The lowest BCUT2D eigenvalue weighted by Crippen LogP contribution is -2.41. The summed E-state index contributed by atoms with van der Waals surface area (Å²) < 4.78 is 36.0. The molecule has 13 nitrogen and oxygen atoms in total. The number of nitrogens with zero attached hydrogens (tertiary/aromatic N) is 3. The second kappa shape index (κ2) is 7.56. The van der Waals surface area contributed by atoms with Gasteiger partial charge in [0.1, 0.15) is 5.69 Å². The van der Waals surface area contributed by atoms with Crippen LogP contribution in [0, 0.1) is 0 Å². The largest absolute Gasteiger partial charge is 0.481 e. The van der Waals surface area contributed by atoms with Crippen LogP contribution in [0.5, 0.6) is 11.8 Å². The molecule has 2 heterocycles. The Bertz CT molecular complexity index is 904. The van der Waals surface area contributed by atoms with E-state index >= 15 is 0 Å². The summed E-state index contributed by atoms with van der Waals surface area (Å²) in [5.41, 5.74) is -0.350. The third-order valence-corrected chi connectivity index (χ3v) is 3.63. The molecular weight excluding hydrogens is 372 g/mol. The highest BCUT2D eigenvalue weighted by Crippen LogP contribution is 2.17. The normalized spacial score (nSPS) is 10.7. The summed E-state index contributed by atoms with van der Waals surface area (Å²) in [6.45, 7) is 0. The van der Waals surface area contributed by atoms with Gasteiger partial charge in [0, 0.05) is 6.20 Å². The maximum atomic E-state index is 11.9. The van der Waals surface area contributed by atoms with Crippen molar-refractivity contribution in [2.45, 2.75) is 0 Å². The number of carboxylic acids is 1. The molecule has 0 aliphatic carbocycles. The highest BCUT2D eigenvalue weighted by molar-refractivity contribution is 7.90. The summed E-state index contributed by atoms with van der Waals surface area (Å²) in [5, 5.41) is 11.0. The minimum Gasteiger partial charge on any atom is -0.481 e. The number of aromatic nitrogens is 3. The SMILES string of the molecule is COc1cc(OC)nc(NC(=O)NS(=O)(=O)Nn2cccc2C(=O)O)n1. The number of urea groups is 1. The molecule has 2 amide bonds. The molecule has 0 bridgehead atoms. The van der Waals surface area contributed by atoms with E-state index in [0.717, 1.165) is 6.20 Å². The summed E-state index contributed by atoms with van der Waals surface area (Å²) >= 11 is 0. The molecule has 0 atom stereocenters. The van der Waals surface area contributed by atoms with Gasteiger partial charge in [0.05, 0.1) is 20.3 Å². The number of carbonyl (C=O) groups excluding carboxylic acids is 1. The van der Waals surface area contributed by atoms with Gasteiger partial charge in [0.15, 0.2) is 0 Å². The highest BCUT2D eigenvalue weighted by atomic mass is 32.2. The lowest BCUT2D eigenvalue weighted by molar-refractivity contribution is 0.0687. The highest BCUT2D eigenvalue weighted by Gasteiger charge is 2.18. The Morgan fingerprint density at radius 2 is 1.81 bits per heavy atom. The molecule has 4 N–H and O–H groups in total. The molecule has 0 aliphatic rings. The van der Waals surface area contributed by atoms with Crippen molar-refractivity contribution in [2.24, 2.45) is 0 Å². The first kappa shape index (κ1) is 18.8. The van der Waals surface area contributed by atoms with Crippen molar-refractivity contribution in [1.29, 1.82) is 0 Å². The first-order valence-electron chi connectivity index (χ1n) is 6.73. The molecule has 14 heteroatoms. The van der Waals surface area contributed by atoms with E-state index in [4.69, 9.17) is 14.6 Å². The smallest absolute Gasteiger partial charge is 0.354 e. The summed E-state index contributed by atoms with van der Waals surface area (Å²) in [6.07, 6.45) is 1.15. The van der Waals surface area contributed by atoms with Crippen LogP contribution < -0.4 is 24.3 Å². The molecule has 0 saturated carbocycles. The van der Waals surface area contributed by atoms with E-state index in [-0.39, 0.29) is 23.4 Å². The van der Waals surface area contributed by atoms with Gasteiger partial charge >= 0.3 is 22.2 Å². The van der Waals surface area contributed by atoms with Gasteiger partial charge in [-0.05, 0) is 12.1 Å². The Labute approximate surface area is 147 Å². The maximum absolute atomic E-state index is 11.9.